The number of hydrogen-bond acceptors (Lipinski definition) is 2. The van der Waals surface area contributed by atoms with E-state index >= 15 is 0 Å². The molecule has 1 amide bonds. The molecule has 0 spiro atoms. The second-order valence-electron chi connectivity index (χ2n) is 3.93. The van der Waals surface area contributed by atoms with Crippen LogP contribution in [0.3, 0.4) is 0 Å². The van der Waals surface area contributed by atoms with Crippen molar-refractivity contribution in [3.05, 3.63) is 0 Å². The van der Waals surface area contributed by atoms with Crippen LogP contribution < -0.4 is 0 Å². The Labute approximate surface area is 96.7 Å². The molecule has 0 aromatic heterocycles. The first-order valence-electron chi connectivity index (χ1n) is 5.67. The van der Waals surface area contributed by atoms with Crippen LogP contribution in [0.4, 0.5) is 0 Å². The minimum atomic E-state index is 0.0558. The smallest absolute Gasteiger partial charge is 0.228 e. The van der Waals surface area contributed by atoms with Gasteiger partial charge in [-0.15, -0.1) is 11.6 Å². The Balaban J connectivity index is 2.48. The number of carbonyl (C=O) groups excluding carboxylic acids is 1. The SMILES string of the molecule is CCN(CCCCl)C(=O)C1CCOC1C. The normalized spacial score (nSPS) is 25.5. The van der Waals surface area contributed by atoms with Crippen molar-refractivity contribution in [1.82, 2.24) is 4.90 Å². The van der Waals surface area contributed by atoms with Crippen LogP contribution in [0.15, 0.2) is 0 Å². The van der Waals surface area contributed by atoms with E-state index in [4.69, 9.17) is 16.3 Å². The molecule has 2 unspecified atom stereocenters. The molecule has 2 atom stereocenters. The van der Waals surface area contributed by atoms with Crippen molar-refractivity contribution in [3.8, 4) is 0 Å². The maximum Gasteiger partial charge on any atom is 0.228 e. The summed E-state index contributed by atoms with van der Waals surface area (Å²) in [6.45, 7) is 6.23. The van der Waals surface area contributed by atoms with Crippen molar-refractivity contribution in [2.45, 2.75) is 32.8 Å². The van der Waals surface area contributed by atoms with Gasteiger partial charge in [0.15, 0.2) is 0 Å². The summed E-state index contributed by atoms with van der Waals surface area (Å²) < 4.78 is 5.41. The number of nitrogens with zero attached hydrogens (tertiary/aromatic N) is 1. The van der Waals surface area contributed by atoms with E-state index in [1.165, 1.54) is 0 Å². The molecule has 0 aromatic rings. The summed E-state index contributed by atoms with van der Waals surface area (Å²) in [4.78, 5) is 14.0. The van der Waals surface area contributed by atoms with Crippen LogP contribution in [-0.4, -0.2) is 42.5 Å². The molecule has 0 radical (unpaired) electrons. The summed E-state index contributed by atoms with van der Waals surface area (Å²) in [5.41, 5.74) is 0. The Hall–Kier alpha value is -0.280. The van der Waals surface area contributed by atoms with Crippen LogP contribution in [0.2, 0.25) is 0 Å². The highest BCUT2D eigenvalue weighted by Gasteiger charge is 2.33. The zero-order valence-electron chi connectivity index (χ0n) is 9.54. The van der Waals surface area contributed by atoms with Gasteiger partial charge in [-0.25, -0.2) is 0 Å². The summed E-state index contributed by atoms with van der Waals surface area (Å²) in [5.74, 6) is 0.897. The highest BCUT2D eigenvalue weighted by Crippen LogP contribution is 2.22. The van der Waals surface area contributed by atoms with Crippen molar-refractivity contribution in [2.24, 2.45) is 5.92 Å². The molecular weight excluding hydrogens is 214 g/mol. The number of ether oxygens (including phenoxy) is 1. The van der Waals surface area contributed by atoms with Crippen molar-refractivity contribution in [3.63, 3.8) is 0 Å². The van der Waals surface area contributed by atoms with Crippen molar-refractivity contribution >= 4 is 17.5 Å². The summed E-state index contributed by atoms with van der Waals surface area (Å²) >= 11 is 5.63. The Kier molecular flexibility index (Phi) is 5.40. The summed E-state index contributed by atoms with van der Waals surface area (Å²) in [5, 5.41) is 0. The van der Waals surface area contributed by atoms with E-state index in [2.05, 4.69) is 0 Å². The van der Waals surface area contributed by atoms with E-state index in [9.17, 15) is 4.79 Å². The number of hydrogen-bond donors (Lipinski definition) is 0. The lowest BCUT2D eigenvalue weighted by molar-refractivity contribution is -0.136. The number of carbonyl (C=O) groups is 1. The fourth-order valence-corrected chi connectivity index (χ4v) is 2.08. The van der Waals surface area contributed by atoms with E-state index in [0.717, 1.165) is 25.9 Å². The predicted molar refractivity (Wildman–Crippen MR) is 61.1 cm³/mol. The van der Waals surface area contributed by atoms with E-state index in [1.807, 2.05) is 18.7 Å². The standard InChI is InChI=1S/C11H20ClNO2/c1-3-13(7-4-6-12)11(14)10-5-8-15-9(10)2/h9-10H,3-8H2,1-2H3. The molecule has 4 heteroatoms. The first kappa shape index (κ1) is 12.8. The largest absolute Gasteiger partial charge is 0.378 e. The lowest BCUT2D eigenvalue weighted by Gasteiger charge is -2.25. The Bertz CT molecular complexity index is 211. The van der Waals surface area contributed by atoms with Crippen molar-refractivity contribution in [1.29, 1.82) is 0 Å². The molecular formula is C11H20ClNO2. The molecule has 88 valence electrons. The number of rotatable bonds is 5. The van der Waals surface area contributed by atoms with Gasteiger partial charge in [0.2, 0.25) is 5.91 Å². The third-order valence-electron chi connectivity index (χ3n) is 2.95. The molecule has 1 saturated heterocycles. The van der Waals surface area contributed by atoms with Gasteiger partial charge >= 0.3 is 0 Å². The first-order chi connectivity index (χ1) is 7.20. The molecule has 3 nitrogen and oxygen atoms in total. The monoisotopic (exact) mass is 233 g/mol. The fraction of sp³-hybridized carbons (Fsp3) is 0.909. The van der Waals surface area contributed by atoms with Crippen LogP contribution in [0.5, 0.6) is 0 Å². The summed E-state index contributed by atoms with van der Waals surface area (Å²) in [6, 6.07) is 0. The van der Waals surface area contributed by atoms with Crippen LogP contribution in [0, 0.1) is 5.92 Å². The van der Waals surface area contributed by atoms with Gasteiger partial charge in [0.05, 0.1) is 12.0 Å². The lowest BCUT2D eigenvalue weighted by Crippen LogP contribution is -2.39. The number of alkyl halides is 1. The zero-order chi connectivity index (χ0) is 11.3. The van der Waals surface area contributed by atoms with Crippen LogP contribution in [0.1, 0.15) is 26.7 Å². The molecule has 0 saturated carbocycles. The zero-order valence-corrected chi connectivity index (χ0v) is 10.3. The van der Waals surface area contributed by atoms with Gasteiger partial charge in [-0.05, 0) is 26.7 Å². The van der Waals surface area contributed by atoms with Gasteiger partial charge in [0.1, 0.15) is 0 Å². The maximum atomic E-state index is 12.1. The van der Waals surface area contributed by atoms with E-state index in [1.54, 1.807) is 0 Å². The molecule has 0 aliphatic carbocycles. The molecule has 1 fully saturated rings. The average molecular weight is 234 g/mol. The average Bonchev–Trinajstić information content (AvgIpc) is 2.65. The molecule has 0 N–H and O–H groups in total. The molecule has 1 aliphatic heterocycles. The van der Waals surface area contributed by atoms with Crippen molar-refractivity contribution in [2.75, 3.05) is 25.6 Å². The second kappa shape index (κ2) is 6.33. The molecule has 0 bridgehead atoms. The quantitative estimate of drug-likeness (QED) is 0.679. The highest BCUT2D eigenvalue weighted by molar-refractivity contribution is 6.17. The minimum Gasteiger partial charge on any atom is -0.378 e. The Morgan fingerprint density at radius 2 is 2.33 bits per heavy atom. The highest BCUT2D eigenvalue weighted by atomic mass is 35.5. The fourth-order valence-electron chi connectivity index (χ4n) is 1.97. The first-order valence-corrected chi connectivity index (χ1v) is 6.20. The van der Waals surface area contributed by atoms with Gasteiger partial charge in [-0.1, -0.05) is 0 Å². The van der Waals surface area contributed by atoms with E-state index < -0.39 is 0 Å². The minimum absolute atomic E-state index is 0.0558. The summed E-state index contributed by atoms with van der Waals surface area (Å²) in [7, 11) is 0. The topological polar surface area (TPSA) is 29.5 Å². The molecule has 1 rings (SSSR count). The predicted octanol–water partition coefficient (Wildman–Crippen LogP) is 1.89. The number of amides is 1. The Morgan fingerprint density at radius 1 is 1.60 bits per heavy atom. The lowest BCUT2D eigenvalue weighted by atomic mass is 10.0. The van der Waals surface area contributed by atoms with E-state index in [-0.39, 0.29) is 17.9 Å². The van der Waals surface area contributed by atoms with Gasteiger partial charge in [-0.2, -0.15) is 0 Å². The van der Waals surface area contributed by atoms with Crippen molar-refractivity contribution < 1.29 is 9.53 Å². The third kappa shape index (κ3) is 3.35. The maximum absolute atomic E-state index is 12.1. The second-order valence-corrected chi connectivity index (χ2v) is 4.31. The van der Waals surface area contributed by atoms with Crippen LogP contribution >= 0.6 is 11.6 Å². The van der Waals surface area contributed by atoms with Gasteiger partial charge < -0.3 is 9.64 Å². The molecule has 1 heterocycles. The third-order valence-corrected chi connectivity index (χ3v) is 3.22. The van der Waals surface area contributed by atoms with Crippen LogP contribution in [0.25, 0.3) is 0 Å². The molecule has 15 heavy (non-hydrogen) atoms. The van der Waals surface area contributed by atoms with Crippen LogP contribution in [-0.2, 0) is 9.53 Å². The molecule has 0 aromatic carbocycles. The molecule has 1 aliphatic rings. The van der Waals surface area contributed by atoms with E-state index in [0.29, 0.717) is 12.5 Å². The van der Waals surface area contributed by atoms with Gasteiger partial charge in [0.25, 0.3) is 0 Å². The number of halogens is 1. The van der Waals surface area contributed by atoms with Gasteiger partial charge in [0, 0.05) is 25.6 Å². The summed E-state index contributed by atoms with van der Waals surface area (Å²) in [6.07, 6.45) is 1.79. The Morgan fingerprint density at radius 3 is 2.80 bits per heavy atom. The van der Waals surface area contributed by atoms with Gasteiger partial charge in [-0.3, -0.25) is 4.79 Å².